The van der Waals surface area contributed by atoms with Crippen molar-refractivity contribution >= 4 is 0 Å². The normalized spacial score (nSPS) is 28.2. The molecule has 1 heterocycles. The van der Waals surface area contributed by atoms with Crippen molar-refractivity contribution in [2.45, 2.75) is 31.7 Å². The number of rotatable bonds is 6. The number of quaternary nitrogens is 1. The first kappa shape index (κ1) is 12.2. The summed E-state index contributed by atoms with van der Waals surface area (Å²) in [6, 6.07) is 0. The minimum atomic E-state index is -0.507. The van der Waals surface area contributed by atoms with Crippen LogP contribution < -0.4 is 5.73 Å². The van der Waals surface area contributed by atoms with Crippen LogP contribution in [0.3, 0.4) is 0 Å². The molecule has 0 aliphatic carbocycles. The van der Waals surface area contributed by atoms with Crippen LogP contribution in [0.4, 0.5) is 0 Å². The molecule has 84 valence electrons. The van der Waals surface area contributed by atoms with Gasteiger partial charge in [-0.05, 0) is 6.92 Å². The highest BCUT2D eigenvalue weighted by atomic mass is 16.6. The fourth-order valence-corrected chi connectivity index (χ4v) is 1.28. The van der Waals surface area contributed by atoms with Crippen molar-refractivity contribution < 1.29 is 15.6 Å². The maximum absolute atomic E-state index is 9.50. The van der Waals surface area contributed by atoms with E-state index in [1.54, 1.807) is 12.2 Å². The molecule has 0 amide bonds. The SMILES string of the molecule is C/C=C/C1OC1/C=C/[C@@H](O)/C=C\CC[NH3+]. The highest BCUT2D eigenvalue weighted by Gasteiger charge is 2.33. The van der Waals surface area contributed by atoms with Crippen molar-refractivity contribution in [3.63, 3.8) is 0 Å². The first-order valence-corrected chi connectivity index (χ1v) is 5.38. The fourth-order valence-electron chi connectivity index (χ4n) is 1.28. The number of hydrogen-bond donors (Lipinski definition) is 2. The van der Waals surface area contributed by atoms with Crippen LogP contribution in [-0.2, 0) is 4.74 Å². The molecule has 0 aromatic rings. The Morgan fingerprint density at radius 1 is 1.33 bits per heavy atom. The average molecular weight is 210 g/mol. The van der Waals surface area contributed by atoms with E-state index in [1.165, 1.54) is 0 Å². The van der Waals surface area contributed by atoms with Crippen LogP contribution in [0, 0.1) is 0 Å². The van der Waals surface area contributed by atoms with Gasteiger partial charge in [-0.15, -0.1) is 0 Å². The monoisotopic (exact) mass is 210 g/mol. The van der Waals surface area contributed by atoms with Gasteiger partial charge in [0.25, 0.3) is 0 Å². The number of epoxide rings is 1. The van der Waals surface area contributed by atoms with E-state index in [0.29, 0.717) is 0 Å². The molecule has 0 aromatic carbocycles. The third-order valence-corrected chi connectivity index (χ3v) is 2.15. The summed E-state index contributed by atoms with van der Waals surface area (Å²) in [6.07, 6.45) is 12.1. The highest BCUT2D eigenvalue weighted by molar-refractivity contribution is 5.13. The predicted molar refractivity (Wildman–Crippen MR) is 60.1 cm³/mol. The molecule has 1 aliphatic rings. The Balaban J connectivity index is 2.21. The number of aliphatic hydroxyl groups is 1. The topological polar surface area (TPSA) is 60.4 Å². The van der Waals surface area contributed by atoms with E-state index in [9.17, 15) is 5.11 Å². The Morgan fingerprint density at radius 2 is 2.07 bits per heavy atom. The third kappa shape index (κ3) is 4.93. The molecule has 1 aliphatic heterocycles. The van der Waals surface area contributed by atoms with Crippen molar-refractivity contribution in [1.29, 1.82) is 0 Å². The van der Waals surface area contributed by atoms with E-state index >= 15 is 0 Å². The maximum atomic E-state index is 9.50. The van der Waals surface area contributed by atoms with Gasteiger partial charge in [-0.1, -0.05) is 36.5 Å². The van der Waals surface area contributed by atoms with Gasteiger partial charge in [-0.3, -0.25) is 0 Å². The van der Waals surface area contributed by atoms with E-state index in [1.807, 2.05) is 31.2 Å². The van der Waals surface area contributed by atoms with Crippen LogP contribution in [0.5, 0.6) is 0 Å². The summed E-state index contributed by atoms with van der Waals surface area (Å²) in [6.45, 7) is 2.83. The molecule has 2 unspecified atom stereocenters. The number of allylic oxidation sites excluding steroid dienone is 1. The molecule has 0 saturated carbocycles. The van der Waals surface area contributed by atoms with E-state index < -0.39 is 6.10 Å². The van der Waals surface area contributed by atoms with Gasteiger partial charge in [0.15, 0.2) is 0 Å². The van der Waals surface area contributed by atoms with Crippen molar-refractivity contribution in [1.82, 2.24) is 0 Å². The summed E-state index contributed by atoms with van der Waals surface area (Å²) < 4.78 is 5.31. The second-order valence-electron chi connectivity index (χ2n) is 3.54. The van der Waals surface area contributed by atoms with Crippen molar-refractivity contribution in [3.05, 3.63) is 36.5 Å². The van der Waals surface area contributed by atoms with Gasteiger partial charge in [0, 0.05) is 6.42 Å². The van der Waals surface area contributed by atoms with Gasteiger partial charge >= 0.3 is 0 Å². The summed E-state index contributed by atoms with van der Waals surface area (Å²) in [5, 5.41) is 9.50. The zero-order valence-corrected chi connectivity index (χ0v) is 9.17. The van der Waals surface area contributed by atoms with Crippen LogP contribution in [0.1, 0.15) is 13.3 Å². The largest absolute Gasteiger partial charge is 0.385 e. The standard InChI is InChI=1S/C12H19NO2/c1-2-5-11-12(15-11)8-7-10(14)6-3-4-9-13/h2-3,5-8,10-12,14H,4,9,13H2,1H3/p+1/b5-2+,6-3-,8-7+/t10-,11?,12?/m0/s1. The molecule has 1 fully saturated rings. The number of ether oxygens (including phenoxy) is 1. The van der Waals surface area contributed by atoms with E-state index in [4.69, 9.17) is 4.74 Å². The zero-order valence-electron chi connectivity index (χ0n) is 9.17. The smallest absolute Gasteiger partial charge is 0.106 e. The second-order valence-corrected chi connectivity index (χ2v) is 3.54. The van der Waals surface area contributed by atoms with Crippen molar-refractivity contribution in [2.24, 2.45) is 0 Å². The van der Waals surface area contributed by atoms with Gasteiger partial charge in [0.1, 0.15) is 12.2 Å². The highest BCUT2D eigenvalue weighted by Crippen LogP contribution is 2.24. The molecular formula is C12H20NO2+. The van der Waals surface area contributed by atoms with Gasteiger partial charge < -0.3 is 15.6 Å². The molecule has 0 aromatic heterocycles. The lowest BCUT2D eigenvalue weighted by Crippen LogP contribution is -2.49. The summed E-state index contributed by atoms with van der Waals surface area (Å²) in [5.74, 6) is 0. The Kier molecular flexibility index (Phi) is 5.32. The summed E-state index contributed by atoms with van der Waals surface area (Å²) >= 11 is 0. The van der Waals surface area contributed by atoms with Gasteiger partial charge in [0.2, 0.25) is 0 Å². The third-order valence-electron chi connectivity index (χ3n) is 2.15. The average Bonchev–Trinajstić information content (AvgIpc) is 2.95. The van der Waals surface area contributed by atoms with Gasteiger partial charge in [-0.2, -0.15) is 0 Å². The lowest BCUT2D eigenvalue weighted by Gasteiger charge is -1.95. The molecule has 0 bridgehead atoms. The zero-order chi connectivity index (χ0) is 11.1. The summed E-state index contributed by atoms with van der Waals surface area (Å²) in [4.78, 5) is 0. The van der Waals surface area contributed by atoms with E-state index in [-0.39, 0.29) is 12.2 Å². The molecule has 4 N–H and O–H groups in total. The second kappa shape index (κ2) is 6.56. The molecule has 1 rings (SSSR count). The van der Waals surface area contributed by atoms with Crippen LogP contribution >= 0.6 is 0 Å². The molecule has 0 radical (unpaired) electrons. The number of aliphatic hydroxyl groups excluding tert-OH is 1. The quantitative estimate of drug-likeness (QED) is 0.493. The summed E-state index contributed by atoms with van der Waals surface area (Å²) in [7, 11) is 0. The Morgan fingerprint density at radius 3 is 2.73 bits per heavy atom. The van der Waals surface area contributed by atoms with Crippen LogP contribution in [0.15, 0.2) is 36.5 Å². The van der Waals surface area contributed by atoms with Crippen LogP contribution in [-0.4, -0.2) is 30.0 Å². The Bertz CT molecular complexity index is 258. The minimum absolute atomic E-state index is 0.150. The minimum Gasteiger partial charge on any atom is -0.385 e. The van der Waals surface area contributed by atoms with Gasteiger partial charge in [-0.25, -0.2) is 0 Å². The first-order chi connectivity index (χ1) is 7.27. The van der Waals surface area contributed by atoms with Crippen LogP contribution in [0.25, 0.3) is 0 Å². The molecule has 0 spiro atoms. The molecule has 3 atom stereocenters. The molecule has 3 nitrogen and oxygen atoms in total. The lowest BCUT2D eigenvalue weighted by molar-refractivity contribution is -0.366. The maximum Gasteiger partial charge on any atom is 0.106 e. The first-order valence-electron chi connectivity index (χ1n) is 5.38. The number of hydrogen-bond acceptors (Lipinski definition) is 2. The Hall–Kier alpha value is -0.900. The molecule has 15 heavy (non-hydrogen) atoms. The van der Waals surface area contributed by atoms with Gasteiger partial charge in [0.05, 0.1) is 12.6 Å². The van der Waals surface area contributed by atoms with E-state index in [0.717, 1.165) is 13.0 Å². The summed E-state index contributed by atoms with van der Waals surface area (Å²) in [5.41, 5.74) is 3.72. The molecule has 3 heteroatoms. The lowest BCUT2D eigenvalue weighted by atomic mass is 10.2. The van der Waals surface area contributed by atoms with Crippen molar-refractivity contribution in [3.8, 4) is 0 Å². The fraction of sp³-hybridized carbons (Fsp3) is 0.500. The molecular weight excluding hydrogens is 190 g/mol. The predicted octanol–water partition coefficient (Wildman–Crippen LogP) is 0.435. The molecule has 1 saturated heterocycles. The van der Waals surface area contributed by atoms with Crippen molar-refractivity contribution in [2.75, 3.05) is 6.54 Å². The van der Waals surface area contributed by atoms with Crippen LogP contribution in [0.2, 0.25) is 0 Å². The van der Waals surface area contributed by atoms with E-state index in [2.05, 4.69) is 5.73 Å². The Labute approximate surface area is 90.9 Å².